The third-order valence-corrected chi connectivity index (χ3v) is 12.7. The summed E-state index contributed by atoms with van der Waals surface area (Å²) in [6.45, 7) is 0. The van der Waals surface area contributed by atoms with E-state index in [0.29, 0.717) is 17.5 Å². The molecule has 0 unspecified atom stereocenters. The van der Waals surface area contributed by atoms with Gasteiger partial charge in [-0.3, -0.25) is 0 Å². The summed E-state index contributed by atoms with van der Waals surface area (Å²) in [6, 6.07) is 79.3. The number of benzene rings is 9. The molecule has 0 N–H and O–H groups in total. The van der Waals surface area contributed by atoms with Gasteiger partial charge in [0.15, 0.2) is 17.5 Å². The van der Waals surface area contributed by atoms with Crippen LogP contribution in [0.2, 0.25) is 0 Å². The standard InChI is InChI=1S/C57H37N3S/c1-5-15-38(16-6-1)40-27-31-44(32-28-40)55-58-56(45-33-29-41(30-34-45)39-17-7-2-8-18-39)60-57(59-55)47-24-13-23-46(37-47)49-25-14-26-51-52-48(42-19-9-3-10-20-42)35-36-50(54(52)61-53(49)51)43-21-11-4-12-22-43/h1-37H. The van der Waals surface area contributed by atoms with Crippen LogP contribution in [0.25, 0.3) is 110 Å². The quantitative estimate of drug-likeness (QED) is 0.154. The van der Waals surface area contributed by atoms with Crippen molar-refractivity contribution in [3.05, 3.63) is 224 Å². The lowest BCUT2D eigenvalue weighted by atomic mass is 9.94. The van der Waals surface area contributed by atoms with Gasteiger partial charge in [0, 0.05) is 36.9 Å². The molecule has 0 saturated carbocycles. The maximum Gasteiger partial charge on any atom is 0.164 e. The van der Waals surface area contributed by atoms with Gasteiger partial charge in [-0.05, 0) is 61.7 Å². The molecular weight excluding hydrogens is 759 g/mol. The summed E-state index contributed by atoms with van der Waals surface area (Å²) in [7, 11) is 0. The number of rotatable bonds is 8. The van der Waals surface area contributed by atoms with E-state index in [2.05, 4.69) is 212 Å². The van der Waals surface area contributed by atoms with Gasteiger partial charge in [0.05, 0.1) is 0 Å². The average Bonchev–Trinajstić information content (AvgIpc) is 3.75. The topological polar surface area (TPSA) is 38.7 Å². The maximum absolute atomic E-state index is 5.17. The fourth-order valence-electron chi connectivity index (χ4n) is 8.31. The monoisotopic (exact) mass is 795 g/mol. The van der Waals surface area contributed by atoms with Crippen LogP contribution in [0.5, 0.6) is 0 Å². The van der Waals surface area contributed by atoms with Crippen LogP contribution in [0.3, 0.4) is 0 Å². The van der Waals surface area contributed by atoms with E-state index in [-0.39, 0.29) is 0 Å². The Labute approximate surface area is 359 Å². The minimum absolute atomic E-state index is 0.627. The molecule has 11 aromatic rings. The molecule has 0 aliphatic heterocycles. The summed E-state index contributed by atoms with van der Waals surface area (Å²) in [5, 5.41) is 2.54. The first-order valence-corrected chi connectivity index (χ1v) is 21.3. The zero-order chi connectivity index (χ0) is 40.5. The highest BCUT2D eigenvalue weighted by atomic mass is 32.1. The summed E-state index contributed by atoms with van der Waals surface area (Å²) in [5.74, 6) is 1.89. The molecule has 2 heterocycles. The fraction of sp³-hybridized carbons (Fsp3) is 0. The van der Waals surface area contributed by atoms with E-state index in [1.54, 1.807) is 0 Å². The van der Waals surface area contributed by atoms with Crippen LogP contribution in [0.4, 0.5) is 0 Å². The number of hydrogen-bond acceptors (Lipinski definition) is 4. The third kappa shape index (κ3) is 6.99. The number of aromatic nitrogens is 3. The summed E-state index contributed by atoms with van der Waals surface area (Å²) in [6.07, 6.45) is 0. The second-order valence-electron chi connectivity index (χ2n) is 15.2. The molecule has 61 heavy (non-hydrogen) atoms. The van der Waals surface area contributed by atoms with Crippen LogP contribution in [0, 0.1) is 0 Å². The molecule has 0 bridgehead atoms. The molecule has 0 aliphatic rings. The normalized spacial score (nSPS) is 11.3. The highest BCUT2D eigenvalue weighted by Crippen LogP contribution is 2.47. The molecule has 11 rings (SSSR count). The first-order chi connectivity index (χ1) is 30.2. The second-order valence-corrected chi connectivity index (χ2v) is 16.2. The van der Waals surface area contributed by atoms with Crippen LogP contribution in [0.1, 0.15) is 0 Å². The summed E-state index contributed by atoms with van der Waals surface area (Å²) in [5.41, 5.74) is 14.6. The number of nitrogens with zero attached hydrogens (tertiary/aromatic N) is 3. The molecule has 0 atom stereocenters. The van der Waals surface area contributed by atoms with Gasteiger partial charge in [-0.2, -0.15) is 0 Å². The summed E-state index contributed by atoms with van der Waals surface area (Å²) in [4.78, 5) is 15.4. The molecule has 0 fully saturated rings. The Morgan fingerprint density at radius 1 is 0.246 bits per heavy atom. The maximum atomic E-state index is 5.17. The molecule has 2 aromatic heterocycles. The van der Waals surface area contributed by atoms with Crippen LogP contribution in [0.15, 0.2) is 224 Å². The SMILES string of the molecule is c1ccc(-c2ccc(-c3nc(-c4ccc(-c5ccccc5)cc4)nc(-c4cccc(-c5cccc6c5sc5c(-c7ccccc7)ccc(-c7ccccc7)c56)c4)n3)cc2)cc1. The van der Waals surface area contributed by atoms with E-state index in [9.17, 15) is 0 Å². The Balaban J connectivity index is 1.05. The Morgan fingerprint density at radius 2 is 0.623 bits per heavy atom. The van der Waals surface area contributed by atoms with E-state index in [1.807, 2.05) is 23.5 Å². The molecule has 0 aliphatic carbocycles. The predicted octanol–water partition coefficient (Wildman–Crippen LogP) is 15.6. The van der Waals surface area contributed by atoms with Crippen molar-refractivity contribution in [1.82, 2.24) is 15.0 Å². The molecule has 0 saturated heterocycles. The van der Waals surface area contributed by atoms with Crippen LogP contribution >= 0.6 is 11.3 Å². The predicted molar refractivity (Wildman–Crippen MR) is 256 cm³/mol. The molecular formula is C57H37N3S. The van der Waals surface area contributed by atoms with Crippen LogP contribution in [-0.2, 0) is 0 Å². The van der Waals surface area contributed by atoms with E-state index in [1.165, 1.54) is 59.1 Å². The van der Waals surface area contributed by atoms with Gasteiger partial charge < -0.3 is 0 Å². The number of fused-ring (bicyclic) bond motifs is 3. The number of hydrogen-bond donors (Lipinski definition) is 0. The Morgan fingerprint density at radius 3 is 1.16 bits per heavy atom. The van der Waals surface area contributed by atoms with Crippen molar-refractivity contribution < 1.29 is 0 Å². The smallest absolute Gasteiger partial charge is 0.164 e. The average molecular weight is 796 g/mol. The highest BCUT2D eigenvalue weighted by molar-refractivity contribution is 7.27. The molecule has 0 radical (unpaired) electrons. The van der Waals surface area contributed by atoms with Gasteiger partial charge in [0.2, 0.25) is 0 Å². The van der Waals surface area contributed by atoms with Gasteiger partial charge in [0.25, 0.3) is 0 Å². The molecule has 0 amide bonds. The van der Waals surface area contributed by atoms with E-state index in [4.69, 9.17) is 15.0 Å². The van der Waals surface area contributed by atoms with Gasteiger partial charge >= 0.3 is 0 Å². The van der Waals surface area contributed by atoms with Gasteiger partial charge in [0.1, 0.15) is 0 Å². The van der Waals surface area contributed by atoms with E-state index < -0.39 is 0 Å². The van der Waals surface area contributed by atoms with Crippen molar-refractivity contribution in [2.24, 2.45) is 0 Å². The van der Waals surface area contributed by atoms with E-state index >= 15 is 0 Å². The Hall–Kier alpha value is -7.79. The van der Waals surface area contributed by atoms with Crippen molar-refractivity contribution in [1.29, 1.82) is 0 Å². The lowest BCUT2D eigenvalue weighted by molar-refractivity contribution is 1.07. The zero-order valence-electron chi connectivity index (χ0n) is 33.1. The molecule has 4 heteroatoms. The van der Waals surface area contributed by atoms with Crippen LogP contribution < -0.4 is 0 Å². The van der Waals surface area contributed by atoms with Crippen LogP contribution in [-0.4, -0.2) is 15.0 Å². The van der Waals surface area contributed by atoms with Crippen molar-refractivity contribution in [2.45, 2.75) is 0 Å². The zero-order valence-corrected chi connectivity index (χ0v) is 33.9. The molecule has 286 valence electrons. The van der Waals surface area contributed by atoms with Crippen molar-refractivity contribution in [3.8, 4) is 89.8 Å². The third-order valence-electron chi connectivity index (χ3n) is 11.4. The van der Waals surface area contributed by atoms with Gasteiger partial charge in [-0.25, -0.2) is 15.0 Å². The Kier molecular flexibility index (Phi) is 9.38. The first kappa shape index (κ1) is 36.3. The Bertz CT molecular complexity index is 3210. The van der Waals surface area contributed by atoms with Gasteiger partial charge in [-0.1, -0.05) is 218 Å². The summed E-state index contributed by atoms with van der Waals surface area (Å²) >= 11 is 1.87. The van der Waals surface area contributed by atoms with Crippen molar-refractivity contribution >= 4 is 31.5 Å². The van der Waals surface area contributed by atoms with Gasteiger partial charge in [-0.15, -0.1) is 11.3 Å². The fourth-order valence-corrected chi connectivity index (χ4v) is 9.70. The first-order valence-electron chi connectivity index (χ1n) is 20.5. The van der Waals surface area contributed by atoms with Crippen molar-refractivity contribution in [2.75, 3.05) is 0 Å². The lowest BCUT2D eigenvalue weighted by Gasteiger charge is -2.11. The molecule has 0 spiro atoms. The minimum atomic E-state index is 0.627. The largest absolute Gasteiger partial charge is 0.208 e. The number of thiophene rings is 1. The second kappa shape index (κ2) is 15.8. The molecule has 9 aromatic carbocycles. The minimum Gasteiger partial charge on any atom is -0.208 e. The van der Waals surface area contributed by atoms with Crippen molar-refractivity contribution in [3.63, 3.8) is 0 Å². The lowest BCUT2D eigenvalue weighted by Crippen LogP contribution is -2.00. The highest BCUT2D eigenvalue weighted by Gasteiger charge is 2.19. The summed E-state index contributed by atoms with van der Waals surface area (Å²) < 4.78 is 2.54. The van der Waals surface area contributed by atoms with E-state index in [0.717, 1.165) is 33.4 Å². The molecule has 3 nitrogen and oxygen atoms in total.